The van der Waals surface area contributed by atoms with Crippen LogP contribution in [0.2, 0.25) is 0 Å². The van der Waals surface area contributed by atoms with Crippen molar-refractivity contribution in [2.75, 3.05) is 19.7 Å². The first-order valence-electron chi connectivity index (χ1n) is 8.78. The van der Waals surface area contributed by atoms with Crippen molar-refractivity contribution in [3.8, 4) is 5.75 Å². The molecule has 1 aliphatic heterocycles. The molecule has 1 saturated heterocycles. The molecule has 130 valence electrons. The molecule has 4 heteroatoms. The van der Waals surface area contributed by atoms with E-state index in [4.69, 9.17) is 9.47 Å². The third-order valence-electron chi connectivity index (χ3n) is 4.06. The van der Waals surface area contributed by atoms with Gasteiger partial charge in [-0.2, -0.15) is 0 Å². The van der Waals surface area contributed by atoms with Crippen LogP contribution in [0.3, 0.4) is 0 Å². The molecular weight excluding hydrogens is 288 g/mol. The van der Waals surface area contributed by atoms with Crippen LogP contribution in [-0.4, -0.2) is 37.4 Å². The lowest BCUT2D eigenvalue weighted by molar-refractivity contribution is -0.0627. The van der Waals surface area contributed by atoms with E-state index in [2.05, 4.69) is 36.6 Å². The number of benzene rings is 1. The number of hydrogen-bond donors (Lipinski definition) is 2. The van der Waals surface area contributed by atoms with Crippen molar-refractivity contribution in [3.05, 3.63) is 29.8 Å². The molecule has 2 N–H and O–H groups in total. The van der Waals surface area contributed by atoms with Gasteiger partial charge in [0.2, 0.25) is 0 Å². The van der Waals surface area contributed by atoms with Gasteiger partial charge in [0.25, 0.3) is 0 Å². The van der Waals surface area contributed by atoms with Gasteiger partial charge in [-0.05, 0) is 58.2 Å². The molecule has 23 heavy (non-hydrogen) atoms. The molecule has 1 aromatic carbocycles. The van der Waals surface area contributed by atoms with Crippen LogP contribution in [0.4, 0.5) is 0 Å². The quantitative estimate of drug-likeness (QED) is 0.722. The summed E-state index contributed by atoms with van der Waals surface area (Å²) < 4.78 is 11.4. The van der Waals surface area contributed by atoms with Crippen molar-refractivity contribution in [2.24, 2.45) is 0 Å². The first-order valence-corrected chi connectivity index (χ1v) is 8.78. The van der Waals surface area contributed by atoms with Crippen LogP contribution in [0.25, 0.3) is 0 Å². The van der Waals surface area contributed by atoms with E-state index >= 15 is 0 Å². The molecule has 0 radical (unpaired) electrons. The van der Waals surface area contributed by atoms with E-state index in [0.29, 0.717) is 6.04 Å². The number of rotatable bonds is 8. The van der Waals surface area contributed by atoms with Gasteiger partial charge in [-0.3, -0.25) is 0 Å². The molecule has 0 aliphatic carbocycles. The molecule has 1 heterocycles. The number of hydrogen-bond acceptors (Lipinski definition) is 4. The van der Waals surface area contributed by atoms with Gasteiger partial charge in [-0.15, -0.1) is 0 Å². The Morgan fingerprint density at radius 2 is 1.96 bits per heavy atom. The second-order valence-corrected chi connectivity index (χ2v) is 7.24. The first-order chi connectivity index (χ1) is 10.9. The largest absolute Gasteiger partial charge is 0.491 e. The fourth-order valence-corrected chi connectivity index (χ4v) is 2.96. The predicted octanol–water partition coefficient (Wildman–Crippen LogP) is 3.11. The van der Waals surface area contributed by atoms with Gasteiger partial charge in [-0.1, -0.05) is 12.1 Å². The highest BCUT2D eigenvalue weighted by molar-refractivity contribution is 5.27. The molecule has 1 aromatic rings. The van der Waals surface area contributed by atoms with Crippen molar-refractivity contribution in [1.82, 2.24) is 10.6 Å². The Hall–Kier alpha value is -1.10. The Bertz CT molecular complexity index is 457. The zero-order valence-electron chi connectivity index (χ0n) is 15.0. The molecular formula is C19H32N2O2. The third kappa shape index (κ3) is 6.90. The third-order valence-corrected chi connectivity index (χ3v) is 4.06. The first kappa shape index (κ1) is 18.2. The molecule has 0 amide bonds. The summed E-state index contributed by atoms with van der Waals surface area (Å²) >= 11 is 0. The molecule has 1 aliphatic rings. The normalized spacial score (nSPS) is 20.7. The summed E-state index contributed by atoms with van der Waals surface area (Å²) in [4.78, 5) is 0. The summed E-state index contributed by atoms with van der Waals surface area (Å²) in [5, 5.41) is 7.12. The zero-order valence-corrected chi connectivity index (χ0v) is 15.0. The zero-order chi connectivity index (χ0) is 16.7. The van der Waals surface area contributed by atoms with Crippen LogP contribution in [0.5, 0.6) is 5.75 Å². The molecule has 0 bridgehead atoms. The second-order valence-electron chi connectivity index (χ2n) is 7.24. The van der Waals surface area contributed by atoms with Crippen LogP contribution in [-0.2, 0) is 11.3 Å². The molecule has 4 nitrogen and oxygen atoms in total. The number of nitrogens with one attached hydrogen (secondary N) is 2. The molecule has 0 spiro atoms. The second kappa shape index (κ2) is 8.67. The van der Waals surface area contributed by atoms with Gasteiger partial charge in [0.05, 0.1) is 11.7 Å². The summed E-state index contributed by atoms with van der Waals surface area (Å²) in [6.07, 6.45) is 2.42. The van der Waals surface area contributed by atoms with Crippen molar-refractivity contribution in [1.29, 1.82) is 0 Å². The summed E-state index contributed by atoms with van der Waals surface area (Å²) in [6.45, 7) is 12.2. The van der Waals surface area contributed by atoms with Crippen LogP contribution in [0.15, 0.2) is 24.3 Å². The van der Waals surface area contributed by atoms with Crippen LogP contribution in [0.1, 0.15) is 46.1 Å². The minimum atomic E-state index is 0.0170. The van der Waals surface area contributed by atoms with Crippen molar-refractivity contribution in [2.45, 2.75) is 64.8 Å². The van der Waals surface area contributed by atoms with Gasteiger partial charge in [-0.25, -0.2) is 0 Å². The highest BCUT2D eigenvalue weighted by atomic mass is 16.5. The Labute approximate surface area is 140 Å². The van der Waals surface area contributed by atoms with Gasteiger partial charge in [0.1, 0.15) is 5.75 Å². The van der Waals surface area contributed by atoms with Gasteiger partial charge in [0.15, 0.2) is 0 Å². The summed E-state index contributed by atoms with van der Waals surface area (Å²) in [5.41, 5.74) is 1.30. The lowest BCUT2D eigenvalue weighted by Crippen LogP contribution is -2.45. The SMILES string of the molecule is CC(C)Oc1ccc(CNCCN[C@@H]2CCOC(C)(C)C2)cc1. The Kier molecular flexibility index (Phi) is 6.88. The fraction of sp³-hybridized carbons (Fsp3) is 0.684. The van der Waals surface area contributed by atoms with E-state index in [-0.39, 0.29) is 11.7 Å². The van der Waals surface area contributed by atoms with Gasteiger partial charge < -0.3 is 20.1 Å². The van der Waals surface area contributed by atoms with E-state index in [0.717, 1.165) is 44.8 Å². The summed E-state index contributed by atoms with van der Waals surface area (Å²) in [5.74, 6) is 0.938. The smallest absolute Gasteiger partial charge is 0.119 e. The maximum Gasteiger partial charge on any atom is 0.119 e. The Balaban J connectivity index is 1.60. The fourth-order valence-electron chi connectivity index (χ4n) is 2.96. The Morgan fingerprint density at radius 3 is 2.61 bits per heavy atom. The molecule has 1 fully saturated rings. The topological polar surface area (TPSA) is 42.5 Å². The van der Waals surface area contributed by atoms with Crippen molar-refractivity contribution >= 4 is 0 Å². The highest BCUT2D eigenvalue weighted by Crippen LogP contribution is 2.23. The Morgan fingerprint density at radius 1 is 1.22 bits per heavy atom. The maximum absolute atomic E-state index is 5.75. The van der Waals surface area contributed by atoms with Gasteiger partial charge >= 0.3 is 0 Å². The molecule has 0 saturated carbocycles. The van der Waals surface area contributed by atoms with E-state index in [1.807, 2.05) is 26.0 Å². The lowest BCUT2D eigenvalue weighted by atomic mass is 9.94. The van der Waals surface area contributed by atoms with E-state index in [1.165, 1.54) is 5.56 Å². The molecule has 0 unspecified atom stereocenters. The van der Waals surface area contributed by atoms with Gasteiger partial charge in [0, 0.05) is 32.3 Å². The van der Waals surface area contributed by atoms with Crippen molar-refractivity contribution < 1.29 is 9.47 Å². The maximum atomic E-state index is 5.75. The van der Waals surface area contributed by atoms with E-state index in [9.17, 15) is 0 Å². The van der Waals surface area contributed by atoms with Crippen LogP contribution in [0, 0.1) is 0 Å². The monoisotopic (exact) mass is 320 g/mol. The van der Waals surface area contributed by atoms with Crippen LogP contribution < -0.4 is 15.4 Å². The summed E-state index contributed by atoms with van der Waals surface area (Å²) in [6, 6.07) is 8.91. The minimum absolute atomic E-state index is 0.0170. The van der Waals surface area contributed by atoms with Crippen LogP contribution >= 0.6 is 0 Å². The average Bonchev–Trinajstić information content (AvgIpc) is 2.47. The number of ether oxygens (including phenoxy) is 2. The molecule has 0 aromatic heterocycles. The minimum Gasteiger partial charge on any atom is -0.491 e. The van der Waals surface area contributed by atoms with Crippen molar-refractivity contribution in [3.63, 3.8) is 0 Å². The standard InChI is InChI=1S/C19H32N2O2/c1-15(2)23-18-7-5-16(6-8-18)14-20-10-11-21-17-9-12-22-19(3,4)13-17/h5-8,15,17,20-21H,9-14H2,1-4H3/t17-/m1/s1. The predicted molar refractivity (Wildman–Crippen MR) is 95.0 cm³/mol. The van der Waals surface area contributed by atoms with E-state index in [1.54, 1.807) is 0 Å². The molecule has 2 rings (SSSR count). The average molecular weight is 320 g/mol. The van der Waals surface area contributed by atoms with E-state index < -0.39 is 0 Å². The summed E-state index contributed by atoms with van der Waals surface area (Å²) in [7, 11) is 0. The highest BCUT2D eigenvalue weighted by Gasteiger charge is 2.28. The molecule has 1 atom stereocenters. The lowest BCUT2D eigenvalue weighted by Gasteiger charge is -2.36.